The lowest BCUT2D eigenvalue weighted by Crippen LogP contribution is -2.74. The van der Waals surface area contributed by atoms with Crippen molar-refractivity contribution in [2.24, 2.45) is 5.73 Å². The highest BCUT2D eigenvalue weighted by molar-refractivity contribution is 5.82. The zero-order chi connectivity index (χ0) is 26.7. The summed E-state index contributed by atoms with van der Waals surface area (Å²) in [6.07, 6.45) is 1.34. The summed E-state index contributed by atoms with van der Waals surface area (Å²) in [6.45, 7) is 0.864. The fraction of sp³-hybridized carbons (Fsp3) is 0.448. The van der Waals surface area contributed by atoms with E-state index in [0.29, 0.717) is 42.1 Å². The van der Waals surface area contributed by atoms with Gasteiger partial charge in [0.1, 0.15) is 5.76 Å². The van der Waals surface area contributed by atoms with Gasteiger partial charge in [-0.15, -0.1) is 0 Å². The summed E-state index contributed by atoms with van der Waals surface area (Å²) in [5.41, 5.74) is 6.14. The average molecular weight is 521 g/mol. The van der Waals surface area contributed by atoms with Crippen molar-refractivity contribution >= 4 is 11.9 Å². The number of carbonyl (C=O) groups is 2. The van der Waals surface area contributed by atoms with Gasteiger partial charge >= 0.3 is 11.9 Å². The molecule has 0 saturated carbocycles. The van der Waals surface area contributed by atoms with E-state index in [9.17, 15) is 14.7 Å². The first kappa shape index (κ1) is 24.9. The minimum atomic E-state index is -1.26. The first-order chi connectivity index (χ1) is 18.3. The van der Waals surface area contributed by atoms with E-state index in [1.54, 1.807) is 37.5 Å². The number of ether oxygens (including phenoxy) is 4. The number of likely N-dealkylation sites (tertiary alicyclic amines) is 1. The Morgan fingerprint density at radius 2 is 2.03 bits per heavy atom. The molecule has 2 heterocycles. The van der Waals surface area contributed by atoms with Gasteiger partial charge in [-0.2, -0.15) is 0 Å². The minimum absolute atomic E-state index is 0.0199. The second kappa shape index (κ2) is 9.11. The van der Waals surface area contributed by atoms with Crippen molar-refractivity contribution in [3.8, 4) is 11.5 Å². The Labute approximate surface area is 221 Å². The Hall–Kier alpha value is -3.40. The van der Waals surface area contributed by atoms with Crippen LogP contribution < -0.4 is 15.2 Å². The Morgan fingerprint density at radius 1 is 1.24 bits per heavy atom. The summed E-state index contributed by atoms with van der Waals surface area (Å²) in [5.74, 6) is 0.157. The van der Waals surface area contributed by atoms with Crippen LogP contribution in [0.5, 0.6) is 11.5 Å². The average Bonchev–Trinajstić information content (AvgIpc) is 3.27. The maximum Gasteiger partial charge on any atom is 0.357 e. The summed E-state index contributed by atoms with van der Waals surface area (Å²) in [6, 6.07) is 12.6. The molecular weight excluding hydrogens is 488 g/mol. The summed E-state index contributed by atoms with van der Waals surface area (Å²) in [4.78, 5) is 28.1. The number of aliphatic hydroxyl groups is 1. The topological polar surface area (TPSA) is 121 Å². The van der Waals surface area contributed by atoms with Crippen LogP contribution in [0.1, 0.15) is 42.1 Å². The van der Waals surface area contributed by atoms with Crippen LogP contribution in [-0.4, -0.2) is 66.9 Å². The van der Waals surface area contributed by atoms with Crippen molar-refractivity contribution in [2.75, 3.05) is 27.2 Å². The molecule has 2 aromatic rings. The molecular formula is C29H32N2O7. The van der Waals surface area contributed by atoms with Gasteiger partial charge in [-0.3, -0.25) is 4.79 Å². The van der Waals surface area contributed by atoms with E-state index in [0.717, 1.165) is 17.7 Å². The van der Waals surface area contributed by atoms with Crippen molar-refractivity contribution in [2.45, 2.75) is 54.9 Å². The molecule has 5 atom stereocenters. The summed E-state index contributed by atoms with van der Waals surface area (Å²) in [7, 11) is 3.62. The molecule has 9 nitrogen and oxygen atoms in total. The molecule has 2 aromatic carbocycles. The Morgan fingerprint density at radius 3 is 2.76 bits per heavy atom. The molecule has 0 radical (unpaired) electrons. The predicted octanol–water partition coefficient (Wildman–Crippen LogP) is 2.15. The quantitative estimate of drug-likeness (QED) is 0.529. The number of rotatable bonds is 7. The molecule has 3 N–H and O–H groups in total. The molecule has 0 unspecified atom stereocenters. The van der Waals surface area contributed by atoms with Gasteiger partial charge in [-0.1, -0.05) is 36.4 Å². The van der Waals surface area contributed by atoms with Gasteiger partial charge in [-0.25, -0.2) is 4.79 Å². The third kappa shape index (κ3) is 3.42. The van der Waals surface area contributed by atoms with Crippen LogP contribution >= 0.6 is 0 Å². The number of piperidine rings is 1. The zero-order valence-corrected chi connectivity index (χ0v) is 21.5. The lowest BCUT2D eigenvalue weighted by molar-refractivity contribution is -0.176. The fourth-order valence-electron chi connectivity index (χ4n) is 6.95. The molecule has 38 heavy (non-hydrogen) atoms. The van der Waals surface area contributed by atoms with E-state index < -0.39 is 35.2 Å². The number of likely N-dealkylation sites (N-methyl/N-ethyl adjacent to an activating group) is 1. The molecule has 200 valence electrons. The van der Waals surface area contributed by atoms with Crippen LogP contribution in [0.4, 0.5) is 0 Å². The second-order valence-electron chi connectivity index (χ2n) is 10.5. The summed E-state index contributed by atoms with van der Waals surface area (Å²) >= 11 is 0. The summed E-state index contributed by atoms with van der Waals surface area (Å²) in [5, 5.41) is 12.3. The molecule has 0 amide bonds. The van der Waals surface area contributed by atoms with Crippen LogP contribution in [0.2, 0.25) is 0 Å². The van der Waals surface area contributed by atoms with E-state index >= 15 is 0 Å². The largest absolute Gasteiger partial charge is 0.493 e. The maximum absolute atomic E-state index is 13.6. The highest BCUT2D eigenvalue weighted by Crippen LogP contribution is 2.65. The molecule has 2 aliphatic carbocycles. The molecule has 6 rings (SSSR count). The van der Waals surface area contributed by atoms with E-state index in [1.165, 1.54) is 0 Å². The molecule has 9 heteroatoms. The van der Waals surface area contributed by atoms with Gasteiger partial charge < -0.3 is 34.7 Å². The molecule has 1 saturated heterocycles. The lowest BCUT2D eigenvalue weighted by atomic mass is 9.50. The molecule has 1 spiro atoms. The van der Waals surface area contributed by atoms with Gasteiger partial charge in [0.15, 0.2) is 17.6 Å². The highest BCUT2D eigenvalue weighted by atomic mass is 16.6. The molecule has 2 bridgehead atoms. The molecule has 2 aliphatic heterocycles. The second-order valence-corrected chi connectivity index (χ2v) is 10.5. The van der Waals surface area contributed by atoms with Crippen LogP contribution in [0.25, 0.3) is 0 Å². The van der Waals surface area contributed by atoms with E-state index in [-0.39, 0.29) is 19.0 Å². The van der Waals surface area contributed by atoms with Crippen LogP contribution in [0.15, 0.2) is 54.3 Å². The smallest absolute Gasteiger partial charge is 0.357 e. The number of benzene rings is 2. The predicted molar refractivity (Wildman–Crippen MR) is 137 cm³/mol. The normalized spacial score (nSPS) is 29.4. The van der Waals surface area contributed by atoms with Crippen molar-refractivity contribution in [1.29, 1.82) is 0 Å². The number of carbonyl (C=O) groups excluding carboxylic acids is 2. The van der Waals surface area contributed by atoms with Gasteiger partial charge in [0, 0.05) is 30.1 Å². The van der Waals surface area contributed by atoms with Gasteiger partial charge in [0.05, 0.1) is 24.5 Å². The van der Waals surface area contributed by atoms with E-state index in [4.69, 9.17) is 24.7 Å². The first-order valence-corrected chi connectivity index (χ1v) is 13.0. The molecule has 0 aromatic heterocycles. The zero-order valence-electron chi connectivity index (χ0n) is 21.5. The Kier molecular flexibility index (Phi) is 5.97. The number of hydrogen-bond acceptors (Lipinski definition) is 9. The SMILES string of the molecule is COc1ccc2c3c1O[C@H]1C(OC(=O)[C@H](OC(=O)CCN)c4ccccc4)=CC[C@@]4(O)[C@@H](C2)N(C)CC[C@]314. The van der Waals surface area contributed by atoms with Gasteiger partial charge in [0.2, 0.25) is 6.10 Å². The first-order valence-electron chi connectivity index (χ1n) is 13.0. The standard InChI is InChI=1S/C29H32N2O7/c1-31-15-13-28-23-18-8-9-19(35-2)25(23)38-26(28)20(10-12-29(28,34)21(31)16-18)36-27(33)24(37-22(32)11-14-30)17-6-4-3-5-7-17/h3-10,21,24,26,34H,11-16,30H2,1-2H3/t21-,24-,26+,28+,29-/m1/s1. The van der Waals surface area contributed by atoms with Crippen LogP contribution in [-0.2, 0) is 30.9 Å². The van der Waals surface area contributed by atoms with Gasteiger partial charge in [-0.05, 0) is 44.1 Å². The molecule has 4 aliphatic rings. The monoisotopic (exact) mass is 520 g/mol. The third-order valence-corrected chi connectivity index (χ3v) is 8.69. The van der Waals surface area contributed by atoms with Crippen molar-refractivity contribution in [3.05, 3.63) is 71.0 Å². The Bertz CT molecular complexity index is 1310. The maximum atomic E-state index is 13.6. The lowest BCUT2D eigenvalue weighted by Gasteiger charge is -2.61. The van der Waals surface area contributed by atoms with Gasteiger partial charge in [0.25, 0.3) is 0 Å². The van der Waals surface area contributed by atoms with Crippen molar-refractivity contribution < 1.29 is 33.6 Å². The number of nitrogens with zero attached hydrogens (tertiary/aromatic N) is 1. The fourth-order valence-corrected chi connectivity index (χ4v) is 6.95. The third-order valence-electron chi connectivity index (χ3n) is 8.69. The highest BCUT2D eigenvalue weighted by Gasteiger charge is 2.72. The number of hydrogen-bond donors (Lipinski definition) is 2. The molecule has 1 fully saturated rings. The van der Waals surface area contributed by atoms with Crippen molar-refractivity contribution in [3.63, 3.8) is 0 Å². The van der Waals surface area contributed by atoms with Crippen LogP contribution in [0.3, 0.4) is 0 Å². The summed E-state index contributed by atoms with van der Waals surface area (Å²) < 4.78 is 23.7. The van der Waals surface area contributed by atoms with E-state index in [2.05, 4.69) is 4.90 Å². The number of nitrogens with two attached hydrogens (primary N) is 1. The van der Waals surface area contributed by atoms with Crippen LogP contribution in [0, 0.1) is 0 Å². The number of esters is 2. The van der Waals surface area contributed by atoms with E-state index in [1.807, 2.05) is 25.2 Å². The Balaban J connectivity index is 1.39. The minimum Gasteiger partial charge on any atom is -0.493 e. The van der Waals surface area contributed by atoms with Crippen molar-refractivity contribution in [1.82, 2.24) is 4.90 Å². The number of methoxy groups -OCH3 is 1.